The third kappa shape index (κ3) is 5.94. The van der Waals surface area contributed by atoms with Crippen LogP contribution in [-0.2, 0) is 9.59 Å². The summed E-state index contributed by atoms with van der Waals surface area (Å²) in [7, 11) is 0. The molecule has 0 fully saturated rings. The number of carbonyl (C=O) groups is 2. The van der Waals surface area contributed by atoms with E-state index >= 15 is 0 Å². The largest absolute Gasteiger partial charge is 0.490 e. The molecule has 1 rings (SSSR count). The van der Waals surface area contributed by atoms with Crippen molar-refractivity contribution in [3.8, 4) is 11.5 Å². The molecule has 0 saturated carbocycles. The molecule has 0 aliphatic rings. The summed E-state index contributed by atoms with van der Waals surface area (Å²) in [5.41, 5.74) is 0.340. The number of carboxylic acid groups (broad SMARTS) is 1. The van der Waals surface area contributed by atoms with E-state index < -0.39 is 11.9 Å². The van der Waals surface area contributed by atoms with Crippen molar-refractivity contribution in [2.45, 2.75) is 33.8 Å². The van der Waals surface area contributed by atoms with Gasteiger partial charge in [0, 0.05) is 6.92 Å². The van der Waals surface area contributed by atoms with Gasteiger partial charge in [-0.2, -0.15) is 0 Å². The summed E-state index contributed by atoms with van der Waals surface area (Å²) in [6.45, 7) is 7.32. The molecule has 0 spiro atoms. The minimum atomic E-state index is -1.23. The third-order valence-corrected chi connectivity index (χ3v) is 3.13. The maximum atomic E-state index is 11.2. The summed E-state index contributed by atoms with van der Waals surface area (Å²) in [5, 5.41) is 11.4. The predicted molar refractivity (Wildman–Crippen MR) is 90.5 cm³/mol. The van der Waals surface area contributed by atoms with Crippen LogP contribution in [0.2, 0.25) is 0 Å². The fourth-order valence-corrected chi connectivity index (χ4v) is 2.35. The van der Waals surface area contributed by atoms with Crippen molar-refractivity contribution in [3.05, 3.63) is 27.9 Å². The zero-order valence-corrected chi connectivity index (χ0v) is 15.1. The van der Waals surface area contributed by atoms with E-state index in [1.54, 1.807) is 12.1 Å². The fraction of sp³-hybridized carbons (Fsp3) is 0.375. The summed E-state index contributed by atoms with van der Waals surface area (Å²) < 4.78 is 11.9. The lowest BCUT2D eigenvalue weighted by atomic mass is 10.1. The monoisotopic (exact) mass is 385 g/mol. The van der Waals surface area contributed by atoms with Crippen LogP contribution in [0.15, 0.2) is 22.3 Å². The van der Waals surface area contributed by atoms with E-state index in [2.05, 4.69) is 21.2 Å². The number of hydrogen-bond donors (Lipinski definition) is 2. The van der Waals surface area contributed by atoms with Crippen molar-refractivity contribution in [1.82, 2.24) is 5.32 Å². The number of rotatable bonds is 7. The maximum absolute atomic E-state index is 11.2. The van der Waals surface area contributed by atoms with E-state index in [0.717, 1.165) is 0 Å². The van der Waals surface area contributed by atoms with E-state index in [0.29, 0.717) is 28.1 Å². The van der Waals surface area contributed by atoms with Crippen LogP contribution in [0.4, 0.5) is 0 Å². The highest BCUT2D eigenvalue weighted by Gasteiger charge is 2.15. The maximum Gasteiger partial charge on any atom is 0.352 e. The van der Waals surface area contributed by atoms with E-state index in [4.69, 9.17) is 14.6 Å². The molecule has 1 amide bonds. The smallest absolute Gasteiger partial charge is 0.352 e. The van der Waals surface area contributed by atoms with E-state index in [-0.39, 0.29) is 11.8 Å². The molecule has 1 aromatic rings. The average Bonchev–Trinajstić information content (AvgIpc) is 2.41. The zero-order valence-electron chi connectivity index (χ0n) is 13.5. The van der Waals surface area contributed by atoms with E-state index in [1.807, 2.05) is 20.8 Å². The van der Waals surface area contributed by atoms with E-state index in [9.17, 15) is 9.59 Å². The number of hydrogen-bond acceptors (Lipinski definition) is 4. The number of nitrogens with one attached hydrogen (secondary N) is 1. The Labute approximate surface area is 143 Å². The molecule has 0 aliphatic carbocycles. The molecule has 0 bridgehead atoms. The lowest BCUT2D eigenvalue weighted by molar-refractivity contribution is -0.134. The van der Waals surface area contributed by atoms with Crippen molar-refractivity contribution in [1.29, 1.82) is 0 Å². The van der Waals surface area contributed by atoms with Crippen LogP contribution in [0.25, 0.3) is 6.08 Å². The highest BCUT2D eigenvalue weighted by molar-refractivity contribution is 9.10. The summed E-state index contributed by atoms with van der Waals surface area (Å²) in [5.74, 6) is -0.635. The Morgan fingerprint density at radius 3 is 2.52 bits per heavy atom. The fourth-order valence-electron chi connectivity index (χ4n) is 1.79. The molecular formula is C16H20BrNO5. The molecule has 6 nitrogen and oxygen atoms in total. The lowest BCUT2D eigenvalue weighted by Crippen LogP contribution is -2.24. The lowest BCUT2D eigenvalue weighted by Gasteiger charge is -2.17. The van der Waals surface area contributed by atoms with Gasteiger partial charge in [-0.15, -0.1) is 0 Å². The molecule has 0 aliphatic heterocycles. The summed E-state index contributed by atoms with van der Waals surface area (Å²) in [4.78, 5) is 22.3. The highest BCUT2D eigenvalue weighted by atomic mass is 79.9. The van der Waals surface area contributed by atoms with Crippen LogP contribution < -0.4 is 14.8 Å². The van der Waals surface area contributed by atoms with E-state index in [1.165, 1.54) is 13.0 Å². The molecule has 23 heavy (non-hydrogen) atoms. The molecule has 0 radical (unpaired) electrons. The Kier molecular flexibility index (Phi) is 7.09. The number of carbonyl (C=O) groups excluding carboxylic acids is 1. The van der Waals surface area contributed by atoms with Crippen molar-refractivity contribution in [2.24, 2.45) is 0 Å². The first-order valence-corrected chi connectivity index (χ1v) is 7.89. The minimum Gasteiger partial charge on any atom is -0.490 e. The Morgan fingerprint density at radius 1 is 1.39 bits per heavy atom. The van der Waals surface area contributed by atoms with Crippen LogP contribution in [-0.4, -0.2) is 29.7 Å². The van der Waals surface area contributed by atoms with Crippen molar-refractivity contribution < 1.29 is 24.2 Å². The molecule has 1 aromatic carbocycles. The van der Waals surface area contributed by atoms with Crippen LogP contribution in [0.5, 0.6) is 11.5 Å². The molecule has 126 valence electrons. The number of aliphatic carboxylic acids is 1. The second-order valence-corrected chi connectivity index (χ2v) is 5.83. The van der Waals surface area contributed by atoms with Crippen molar-refractivity contribution in [3.63, 3.8) is 0 Å². The first-order valence-electron chi connectivity index (χ1n) is 7.10. The normalized spacial score (nSPS) is 11.3. The third-order valence-electron chi connectivity index (χ3n) is 2.54. The van der Waals surface area contributed by atoms with Crippen molar-refractivity contribution >= 4 is 33.9 Å². The van der Waals surface area contributed by atoms with Gasteiger partial charge in [0.15, 0.2) is 11.5 Å². The molecule has 0 heterocycles. The summed E-state index contributed by atoms with van der Waals surface area (Å²) >= 11 is 3.41. The second kappa shape index (κ2) is 8.57. The Bertz CT molecular complexity index is 625. The van der Waals surface area contributed by atoms with Crippen molar-refractivity contribution in [2.75, 3.05) is 6.61 Å². The van der Waals surface area contributed by atoms with Gasteiger partial charge < -0.3 is 19.9 Å². The number of carboxylic acids is 1. The SMILES string of the molecule is CCOc1cc(C=C(NC(C)=O)C(=O)O)cc(Br)c1OC(C)C. The summed E-state index contributed by atoms with van der Waals surface area (Å²) in [6.07, 6.45) is 1.32. The van der Waals surface area contributed by atoms with Crippen LogP contribution in [0.1, 0.15) is 33.3 Å². The summed E-state index contributed by atoms with van der Waals surface area (Å²) in [6, 6.07) is 3.36. The standard InChI is InChI=1S/C16H20BrNO5/c1-5-22-14-8-11(6-12(17)15(14)23-9(2)3)7-13(16(20)21)18-10(4)19/h6-9H,5H2,1-4H3,(H,18,19)(H,20,21). The van der Waals surface area contributed by atoms with Crippen LogP contribution in [0, 0.1) is 0 Å². The molecule has 0 atom stereocenters. The van der Waals surface area contributed by atoms with Gasteiger partial charge in [-0.3, -0.25) is 4.79 Å². The van der Waals surface area contributed by atoms with Gasteiger partial charge in [-0.25, -0.2) is 4.79 Å². The van der Waals surface area contributed by atoms with Gasteiger partial charge in [0.1, 0.15) is 5.70 Å². The molecular weight excluding hydrogens is 366 g/mol. The van der Waals surface area contributed by atoms with Gasteiger partial charge in [-0.1, -0.05) is 0 Å². The molecule has 0 saturated heterocycles. The molecule has 2 N–H and O–H groups in total. The Balaban J connectivity index is 3.31. The van der Waals surface area contributed by atoms with Gasteiger partial charge in [0.2, 0.25) is 5.91 Å². The highest BCUT2D eigenvalue weighted by Crippen LogP contribution is 2.38. The topological polar surface area (TPSA) is 84.9 Å². The van der Waals surface area contributed by atoms with Gasteiger partial charge in [0.25, 0.3) is 0 Å². The first kappa shape index (κ1) is 19.0. The van der Waals surface area contributed by atoms with Gasteiger partial charge >= 0.3 is 5.97 Å². The van der Waals surface area contributed by atoms with Crippen LogP contribution >= 0.6 is 15.9 Å². The first-order chi connectivity index (χ1) is 10.7. The van der Waals surface area contributed by atoms with Gasteiger partial charge in [-0.05, 0) is 60.5 Å². The minimum absolute atomic E-state index is 0.0409. The Morgan fingerprint density at radius 2 is 2.04 bits per heavy atom. The number of ether oxygens (including phenoxy) is 2. The molecule has 0 aromatic heterocycles. The Hall–Kier alpha value is -2.02. The predicted octanol–water partition coefficient (Wildman–Crippen LogP) is 3.20. The zero-order chi connectivity index (χ0) is 17.6. The van der Waals surface area contributed by atoms with Crippen LogP contribution in [0.3, 0.4) is 0 Å². The second-order valence-electron chi connectivity index (χ2n) is 4.97. The molecule has 0 unspecified atom stereocenters. The number of amides is 1. The number of halogens is 1. The quantitative estimate of drug-likeness (QED) is 0.703. The van der Waals surface area contributed by atoms with Gasteiger partial charge in [0.05, 0.1) is 17.2 Å². The average molecular weight is 386 g/mol. The number of benzene rings is 1. The molecule has 7 heteroatoms.